The fourth-order valence-corrected chi connectivity index (χ4v) is 2.39. The molecule has 3 rings (SSSR count). The zero-order valence-corrected chi connectivity index (χ0v) is 10.2. The van der Waals surface area contributed by atoms with Gasteiger partial charge in [-0.15, -0.1) is 0 Å². The molecular formula is C13H16N4O. The van der Waals surface area contributed by atoms with E-state index >= 15 is 0 Å². The quantitative estimate of drug-likeness (QED) is 0.887. The van der Waals surface area contributed by atoms with Gasteiger partial charge in [-0.2, -0.15) is 4.98 Å². The number of hydrogen-bond donors (Lipinski definition) is 1. The summed E-state index contributed by atoms with van der Waals surface area (Å²) in [5, 5.41) is 4.00. The van der Waals surface area contributed by atoms with Crippen LogP contribution < -0.4 is 5.73 Å². The highest BCUT2D eigenvalue weighted by atomic mass is 16.5. The van der Waals surface area contributed by atoms with Crippen LogP contribution in [0.4, 0.5) is 0 Å². The van der Waals surface area contributed by atoms with Gasteiger partial charge in [0.2, 0.25) is 11.7 Å². The van der Waals surface area contributed by atoms with Gasteiger partial charge in [-0.1, -0.05) is 11.6 Å². The van der Waals surface area contributed by atoms with Crippen molar-refractivity contribution in [1.29, 1.82) is 0 Å². The first kappa shape index (κ1) is 11.3. The Morgan fingerprint density at radius 2 is 2.28 bits per heavy atom. The Balaban J connectivity index is 1.78. The van der Waals surface area contributed by atoms with Crippen LogP contribution in [-0.2, 0) is 6.42 Å². The average molecular weight is 244 g/mol. The maximum Gasteiger partial charge on any atom is 0.227 e. The third-order valence-electron chi connectivity index (χ3n) is 3.76. The molecule has 0 aromatic carbocycles. The Labute approximate surface area is 105 Å². The summed E-state index contributed by atoms with van der Waals surface area (Å²) in [5.41, 5.74) is 6.91. The molecule has 0 unspecified atom stereocenters. The molecule has 0 bridgehead atoms. The van der Waals surface area contributed by atoms with Crippen molar-refractivity contribution in [1.82, 2.24) is 15.1 Å². The number of nitrogens with two attached hydrogens (primary N) is 1. The standard InChI is InChI=1S/C13H16N4O/c14-9-13(4-2-5-13)7-11-16-12(17-18-11)10-3-1-6-15-8-10/h1,3,6,8H,2,4-5,7,9,14H2. The summed E-state index contributed by atoms with van der Waals surface area (Å²) in [6.45, 7) is 0.692. The molecule has 2 heterocycles. The summed E-state index contributed by atoms with van der Waals surface area (Å²) < 4.78 is 5.31. The van der Waals surface area contributed by atoms with Crippen molar-refractivity contribution in [2.45, 2.75) is 25.7 Å². The predicted molar refractivity (Wildman–Crippen MR) is 66.6 cm³/mol. The van der Waals surface area contributed by atoms with E-state index in [0.717, 1.165) is 24.8 Å². The topological polar surface area (TPSA) is 77.8 Å². The van der Waals surface area contributed by atoms with Gasteiger partial charge in [-0.05, 0) is 36.9 Å². The maximum atomic E-state index is 5.83. The molecule has 2 N–H and O–H groups in total. The zero-order valence-electron chi connectivity index (χ0n) is 10.2. The minimum absolute atomic E-state index is 0.193. The van der Waals surface area contributed by atoms with Crippen LogP contribution in [0.2, 0.25) is 0 Å². The summed E-state index contributed by atoms with van der Waals surface area (Å²) in [7, 11) is 0. The lowest BCUT2D eigenvalue weighted by molar-refractivity contribution is 0.129. The first-order chi connectivity index (χ1) is 8.81. The summed E-state index contributed by atoms with van der Waals surface area (Å²) in [4.78, 5) is 8.47. The van der Waals surface area contributed by atoms with Gasteiger partial charge < -0.3 is 10.3 Å². The molecule has 0 saturated heterocycles. The van der Waals surface area contributed by atoms with Gasteiger partial charge in [0.15, 0.2) is 0 Å². The minimum atomic E-state index is 0.193. The lowest BCUT2D eigenvalue weighted by atomic mass is 9.67. The molecule has 5 nitrogen and oxygen atoms in total. The van der Waals surface area contributed by atoms with Crippen LogP contribution in [0.25, 0.3) is 11.4 Å². The highest BCUT2D eigenvalue weighted by molar-refractivity contribution is 5.51. The first-order valence-corrected chi connectivity index (χ1v) is 6.24. The lowest BCUT2D eigenvalue weighted by Gasteiger charge is -2.39. The maximum absolute atomic E-state index is 5.83. The third kappa shape index (κ3) is 2.01. The molecule has 5 heteroatoms. The monoisotopic (exact) mass is 244 g/mol. The summed E-state index contributed by atoms with van der Waals surface area (Å²) in [6, 6.07) is 3.78. The van der Waals surface area contributed by atoms with Crippen LogP contribution in [0.1, 0.15) is 25.2 Å². The molecule has 2 aromatic heterocycles. The van der Waals surface area contributed by atoms with Gasteiger partial charge in [-0.25, -0.2) is 0 Å². The van der Waals surface area contributed by atoms with Crippen LogP contribution in [0.15, 0.2) is 29.0 Å². The number of nitrogens with zero attached hydrogens (tertiary/aromatic N) is 3. The molecule has 0 aliphatic heterocycles. The van der Waals surface area contributed by atoms with Crippen molar-refractivity contribution >= 4 is 0 Å². The van der Waals surface area contributed by atoms with E-state index in [4.69, 9.17) is 10.3 Å². The highest BCUT2D eigenvalue weighted by Crippen LogP contribution is 2.42. The molecule has 1 aliphatic carbocycles. The number of aromatic nitrogens is 3. The van der Waals surface area contributed by atoms with E-state index in [-0.39, 0.29) is 5.41 Å². The molecule has 0 radical (unpaired) electrons. The Kier molecular flexibility index (Phi) is 2.83. The zero-order chi connectivity index (χ0) is 12.4. The second kappa shape index (κ2) is 4.49. The van der Waals surface area contributed by atoms with Gasteiger partial charge in [0, 0.05) is 24.4 Å². The van der Waals surface area contributed by atoms with E-state index in [1.165, 1.54) is 6.42 Å². The molecule has 0 spiro atoms. The predicted octanol–water partition coefficient (Wildman–Crippen LogP) is 1.80. The number of hydrogen-bond acceptors (Lipinski definition) is 5. The smallest absolute Gasteiger partial charge is 0.227 e. The molecule has 1 fully saturated rings. The van der Waals surface area contributed by atoms with Crippen molar-refractivity contribution in [3.05, 3.63) is 30.4 Å². The number of rotatable bonds is 4. The van der Waals surface area contributed by atoms with E-state index in [9.17, 15) is 0 Å². The van der Waals surface area contributed by atoms with E-state index in [2.05, 4.69) is 15.1 Å². The van der Waals surface area contributed by atoms with Crippen LogP contribution in [-0.4, -0.2) is 21.7 Å². The SMILES string of the molecule is NCC1(Cc2nc(-c3cccnc3)no2)CCC1. The Bertz CT molecular complexity index is 513. The second-order valence-corrected chi connectivity index (χ2v) is 4.99. The van der Waals surface area contributed by atoms with Crippen molar-refractivity contribution in [3.8, 4) is 11.4 Å². The fourth-order valence-electron chi connectivity index (χ4n) is 2.39. The van der Waals surface area contributed by atoms with Crippen LogP contribution in [0.3, 0.4) is 0 Å². The van der Waals surface area contributed by atoms with Crippen molar-refractivity contribution in [2.24, 2.45) is 11.1 Å². The lowest BCUT2D eigenvalue weighted by Crippen LogP contribution is -2.39. The summed E-state index contributed by atoms with van der Waals surface area (Å²) in [5.74, 6) is 1.28. The molecule has 18 heavy (non-hydrogen) atoms. The van der Waals surface area contributed by atoms with Gasteiger partial charge in [0.05, 0.1) is 0 Å². The summed E-state index contributed by atoms with van der Waals surface area (Å²) in [6.07, 6.45) is 7.82. The van der Waals surface area contributed by atoms with E-state index in [1.54, 1.807) is 12.4 Å². The number of pyridine rings is 1. The minimum Gasteiger partial charge on any atom is -0.339 e. The van der Waals surface area contributed by atoms with Crippen molar-refractivity contribution < 1.29 is 4.52 Å². The normalized spacial score (nSPS) is 17.4. The highest BCUT2D eigenvalue weighted by Gasteiger charge is 2.37. The Morgan fingerprint density at radius 3 is 2.89 bits per heavy atom. The Morgan fingerprint density at radius 1 is 1.39 bits per heavy atom. The molecule has 1 saturated carbocycles. The molecule has 0 amide bonds. The van der Waals surface area contributed by atoms with Gasteiger partial charge in [0.1, 0.15) is 0 Å². The van der Waals surface area contributed by atoms with E-state index < -0.39 is 0 Å². The van der Waals surface area contributed by atoms with Crippen LogP contribution in [0, 0.1) is 5.41 Å². The van der Waals surface area contributed by atoms with Gasteiger partial charge in [0.25, 0.3) is 0 Å². The molecule has 94 valence electrons. The van der Waals surface area contributed by atoms with Crippen LogP contribution in [0.5, 0.6) is 0 Å². The van der Waals surface area contributed by atoms with Gasteiger partial charge in [-0.3, -0.25) is 4.98 Å². The van der Waals surface area contributed by atoms with E-state index in [1.807, 2.05) is 12.1 Å². The third-order valence-corrected chi connectivity index (χ3v) is 3.76. The Hall–Kier alpha value is -1.75. The van der Waals surface area contributed by atoms with Crippen molar-refractivity contribution in [3.63, 3.8) is 0 Å². The fraction of sp³-hybridized carbons (Fsp3) is 0.462. The summed E-state index contributed by atoms with van der Waals surface area (Å²) >= 11 is 0. The molecular weight excluding hydrogens is 228 g/mol. The van der Waals surface area contributed by atoms with Gasteiger partial charge >= 0.3 is 0 Å². The molecule has 2 aromatic rings. The van der Waals surface area contributed by atoms with E-state index in [0.29, 0.717) is 18.3 Å². The van der Waals surface area contributed by atoms with Crippen molar-refractivity contribution in [2.75, 3.05) is 6.54 Å². The molecule has 1 aliphatic rings. The molecule has 0 atom stereocenters. The largest absolute Gasteiger partial charge is 0.339 e. The second-order valence-electron chi connectivity index (χ2n) is 4.99. The van der Waals surface area contributed by atoms with Crippen LogP contribution >= 0.6 is 0 Å². The first-order valence-electron chi connectivity index (χ1n) is 6.24. The average Bonchev–Trinajstić information content (AvgIpc) is 2.83.